The number of halogens is 3. The van der Waals surface area contributed by atoms with Crippen molar-refractivity contribution in [2.45, 2.75) is 12.3 Å². The maximum atomic E-state index is 13.1. The molecule has 1 atom stereocenters. The number of aliphatic hydroxyl groups excluding tert-OH is 1. The van der Waals surface area contributed by atoms with Crippen molar-refractivity contribution in [2.75, 3.05) is 24.3 Å². The molecule has 0 radical (unpaired) electrons. The SMILES string of the molecule is COc1cccc(Nc2nccc(NCC(O)c3ccccc3C(F)(F)F)n2)c1. The van der Waals surface area contributed by atoms with Crippen LogP contribution in [0.5, 0.6) is 5.75 Å². The maximum absolute atomic E-state index is 13.1. The molecule has 3 aromatic rings. The normalized spacial score (nSPS) is 12.3. The number of rotatable bonds is 7. The third-order valence-corrected chi connectivity index (χ3v) is 4.08. The van der Waals surface area contributed by atoms with Gasteiger partial charge in [-0.25, -0.2) is 4.98 Å². The number of methoxy groups -OCH3 is 1. The molecule has 0 saturated carbocycles. The average Bonchev–Trinajstić information content (AvgIpc) is 2.72. The highest BCUT2D eigenvalue weighted by Crippen LogP contribution is 2.34. The standard InChI is InChI=1S/C20H19F3N4O2/c1-29-14-6-4-5-13(11-14)26-19-24-10-9-18(27-19)25-12-17(28)15-7-2-3-8-16(15)20(21,22)23/h2-11,17,28H,12H2,1H3,(H2,24,25,26,27). The van der Waals surface area contributed by atoms with Crippen molar-refractivity contribution < 1.29 is 23.0 Å². The molecule has 6 nitrogen and oxygen atoms in total. The second kappa shape index (κ2) is 8.78. The minimum Gasteiger partial charge on any atom is -0.497 e. The van der Waals surface area contributed by atoms with Crippen LogP contribution in [0, 0.1) is 0 Å². The van der Waals surface area contributed by atoms with Crippen LogP contribution in [0.3, 0.4) is 0 Å². The van der Waals surface area contributed by atoms with Crippen LogP contribution in [0.2, 0.25) is 0 Å². The number of hydrogen-bond donors (Lipinski definition) is 3. The first-order chi connectivity index (χ1) is 13.9. The Morgan fingerprint density at radius 1 is 1.10 bits per heavy atom. The highest BCUT2D eigenvalue weighted by Gasteiger charge is 2.34. The smallest absolute Gasteiger partial charge is 0.416 e. The van der Waals surface area contributed by atoms with Gasteiger partial charge < -0.3 is 20.5 Å². The molecule has 0 spiro atoms. The number of alkyl halides is 3. The van der Waals surface area contributed by atoms with Gasteiger partial charge in [-0.2, -0.15) is 18.2 Å². The first-order valence-corrected chi connectivity index (χ1v) is 8.69. The Balaban J connectivity index is 1.68. The van der Waals surface area contributed by atoms with Crippen molar-refractivity contribution in [3.05, 3.63) is 71.9 Å². The van der Waals surface area contributed by atoms with E-state index in [2.05, 4.69) is 20.6 Å². The molecule has 0 bridgehead atoms. The number of benzene rings is 2. The molecule has 9 heteroatoms. The van der Waals surface area contributed by atoms with Gasteiger partial charge in [0.2, 0.25) is 5.95 Å². The lowest BCUT2D eigenvalue weighted by atomic mass is 10.0. The minimum absolute atomic E-state index is 0.150. The van der Waals surface area contributed by atoms with Crippen LogP contribution in [0.4, 0.5) is 30.6 Å². The van der Waals surface area contributed by atoms with Gasteiger partial charge in [-0.05, 0) is 29.8 Å². The van der Waals surface area contributed by atoms with Gasteiger partial charge in [-0.3, -0.25) is 0 Å². The third-order valence-electron chi connectivity index (χ3n) is 4.08. The molecule has 0 amide bonds. The fourth-order valence-electron chi connectivity index (χ4n) is 2.70. The summed E-state index contributed by atoms with van der Waals surface area (Å²) in [5.41, 5.74) is -0.353. The fraction of sp³-hybridized carbons (Fsp3) is 0.200. The molecule has 3 rings (SSSR count). The number of ether oxygens (including phenoxy) is 1. The molecular weight excluding hydrogens is 385 g/mol. The first-order valence-electron chi connectivity index (χ1n) is 8.69. The lowest BCUT2D eigenvalue weighted by Crippen LogP contribution is -2.18. The maximum Gasteiger partial charge on any atom is 0.416 e. The molecule has 1 unspecified atom stereocenters. The van der Waals surface area contributed by atoms with Crippen molar-refractivity contribution in [3.8, 4) is 5.75 Å². The molecule has 1 heterocycles. The third kappa shape index (κ3) is 5.35. The Morgan fingerprint density at radius 2 is 1.90 bits per heavy atom. The van der Waals surface area contributed by atoms with E-state index in [4.69, 9.17) is 4.74 Å². The molecule has 1 aromatic heterocycles. The van der Waals surface area contributed by atoms with Crippen LogP contribution in [-0.2, 0) is 6.18 Å². The van der Waals surface area contributed by atoms with Crippen LogP contribution in [0.15, 0.2) is 60.8 Å². The summed E-state index contributed by atoms with van der Waals surface area (Å²) in [7, 11) is 1.56. The molecule has 152 valence electrons. The van der Waals surface area contributed by atoms with E-state index in [0.717, 1.165) is 6.07 Å². The zero-order chi connectivity index (χ0) is 20.9. The number of aliphatic hydroxyl groups is 1. The van der Waals surface area contributed by atoms with Crippen molar-refractivity contribution in [1.82, 2.24) is 9.97 Å². The first kappa shape index (κ1) is 20.4. The zero-order valence-electron chi connectivity index (χ0n) is 15.4. The summed E-state index contributed by atoms with van der Waals surface area (Å²) in [5, 5.41) is 16.1. The highest BCUT2D eigenvalue weighted by atomic mass is 19.4. The van der Waals surface area contributed by atoms with Crippen molar-refractivity contribution in [3.63, 3.8) is 0 Å². The Kier molecular flexibility index (Phi) is 6.18. The van der Waals surface area contributed by atoms with Gasteiger partial charge in [0, 0.05) is 24.5 Å². The summed E-state index contributed by atoms with van der Waals surface area (Å²) >= 11 is 0. The quantitative estimate of drug-likeness (QED) is 0.542. The predicted octanol–water partition coefficient (Wildman–Crippen LogP) is 4.39. The minimum atomic E-state index is -4.54. The fourth-order valence-corrected chi connectivity index (χ4v) is 2.70. The molecule has 0 saturated heterocycles. The van der Waals surface area contributed by atoms with E-state index < -0.39 is 17.8 Å². The monoisotopic (exact) mass is 404 g/mol. The molecule has 0 aliphatic rings. The Morgan fingerprint density at radius 3 is 2.66 bits per heavy atom. The summed E-state index contributed by atoms with van der Waals surface area (Å²) < 4.78 is 44.5. The van der Waals surface area contributed by atoms with Gasteiger partial charge in [0.25, 0.3) is 0 Å². The molecule has 3 N–H and O–H groups in total. The predicted molar refractivity (Wildman–Crippen MR) is 103 cm³/mol. The number of anilines is 3. The Hall–Kier alpha value is -3.33. The van der Waals surface area contributed by atoms with E-state index in [-0.39, 0.29) is 18.1 Å². The molecule has 0 aliphatic carbocycles. The van der Waals surface area contributed by atoms with Crippen molar-refractivity contribution in [2.24, 2.45) is 0 Å². The van der Waals surface area contributed by atoms with Gasteiger partial charge in [0.1, 0.15) is 11.6 Å². The summed E-state index contributed by atoms with van der Waals surface area (Å²) in [6.07, 6.45) is -4.41. The summed E-state index contributed by atoms with van der Waals surface area (Å²) in [4.78, 5) is 8.36. The van der Waals surface area contributed by atoms with E-state index in [1.54, 1.807) is 31.4 Å². The van der Waals surface area contributed by atoms with E-state index >= 15 is 0 Å². The number of aromatic nitrogens is 2. The van der Waals surface area contributed by atoms with Gasteiger partial charge in [0.15, 0.2) is 0 Å². The average molecular weight is 404 g/mol. The topological polar surface area (TPSA) is 79.3 Å². The van der Waals surface area contributed by atoms with Crippen LogP contribution in [0.1, 0.15) is 17.2 Å². The molecule has 29 heavy (non-hydrogen) atoms. The van der Waals surface area contributed by atoms with Crippen LogP contribution in [-0.4, -0.2) is 28.7 Å². The second-order valence-corrected chi connectivity index (χ2v) is 6.10. The Labute approximate surface area is 165 Å². The molecule has 0 aliphatic heterocycles. The molecule has 2 aromatic carbocycles. The van der Waals surface area contributed by atoms with Crippen molar-refractivity contribution >= 4 is 17.5 Å². The van der Waals surface area contributed by atoms with Gasteiger partial charge in [-0.1, -0.05) is 24.3 Å². The number of nitrogens with zero attached hydrogens (tertiary/aromatic N) is 2. The van der Waals surface area contributed by atoms with E-state index in [1.807, 2.05) is 6.07 Å². The summed E-state index contributed by atoms with van der Waals surface area (Å²) in [6, 6.07) is 13.7. The lowest BCUT2D eigenvalue weighted by Gasteiger charge is -2.18. The molecule has 0 fully saturated rings. The van der Waals surface area contributed by atoms with E-state index in [9.17, 15) is 18.3 Å². The zero-order valence-corrected chi connectivity index (χ0v) is 15.4. The lowest BCUT2D eigenvalue weighted by molar-refractivity contribution is -0.139. The largest absolute Gasteiger partial charge is 0.497 e. The highest BCUT2D eigenvalue weighted by molar-refractivity contribution is 5.57. The van der Waals surface area contributed by atoms with Crippen molar-refractivity contribution in [1.29, 1.82) is 0 Å². The van der Waals surface area contributed by atoms with Crippen LogP contribution in [0.25, 0.3) is 0 Å². The second-order valence-electron chi connectivity index (χ2n) is 6.10. The molecular formula is C20H19F3N4O2. The number of hydrogen-bond acceptors (Lipinski definition) is 6. The van der Waals surface area contributed by atoms with E-state index in [0.29, 0.717) is 17.3 Å². The Bertz CT molecular complexity index is 966. The van der Waals surface area contributed by atoms with Gasteiger partial charge in [0.05, 0.1) is 18.8 Å². The van der Waals surface area contributed by atoms with Gasteiger partial charge in [-0.15, -0.1) is 0 Å². The van der Waals surface area contributed by atoms with Crippen LogP contribution >= 0.6 is 0 Å². The van der Waals surface area contributed by atoms with Crippen LogP contribution < -0.4 is 15.4 Å². The summed E-state index contributed by atoms with van der Waals surface area (Å²) in [5.74, 6) is 1.30. The van der Waals surface area contributed by atoms with Gasteiger partial charge >= 0.3 is 6.18 Å². The summed E-state index contributed by atoms with van der Waals surface area (Å²) in [6.45, 7) is -0.150. The van der Waals surface area contributed by atoms with E-state index in [1.165, 1.54) is 24.4 Å². The number of nitrogens with one attached hydrogen (secondary N) is 2.